The Hall–Kier alpha value is -4.35. The molecule has 0 bridgehead atoms. The van der Waals surface area contributed by atoms with E-state index in [9.17, 15) is 14.7 Å². The van der Waals surface area contributed by atoms with Gasteiger partial charge in [-0.3, -0.25) is 14.5 Å². The summed E-state index contributed by atoms with van der Waals surface area (Å²) in [6, 6.07) is 21.0. The highest BCUT2D eigenvalue weighted by Crippen LogP contribution is 2.45. The molecule has 0 saturated carbocycles. The molecule has 5 rings (SSSR count). The van der Waals surface area contributed by atoms with Crippen LogP contribution in [-0.4, -0.2) is 47.3 Å². The third kappa shape index (κ3) is 6.74. The maximum absolute atomic E-state index is 13.6. The Labute approximate surface area is 264 Å². The third-order valence-corrected chi connectivity index (χ3v) is 9.08. The van der Waals surface area contributed by atoms with Crippen molar-refractivity contribution < 1.29 is 28.9 Å². The molecule has 0 radical (unpaired) electrons. The second-order valence-electron chi connectivity index (χ2n) is 9.86. The molecule has 0 spiro atoms. The summed E-state index contributed by atoms with van der Waals surface area (Å²) in [6.45, 7) is 4.97. The molecule has 4 aromatic rings. The number of rotatable bonds is 13. The molecule has 1 saturated heterocycles. The molecule has 1 unspecified atom stereocenters. The topological polar surface area (TPSA) is 111 Å². The number of methoxy groups -OCH3 is 1. The molecule has 1 aliphatic heterocycles. The van der Waals surface area contributed by atoms with Gasteiger partial charge in [0, 0.05) is 11.3 Å². The van der Waals surface area contributed by atoms with Crippen molar-refractivity contribution in [1.82, 2.24) is 10.2 Å². The fourth-order valence-corrected chi connectivity index (χ4v) is 6.57. The van der Waals surface area contributed by atoms with Gasteiger partial charge in [-0.25, -0.2) is 0 Å². The first-order valence-electron chi connectivity index (χ1n) is 14.3. The van der Waals surface area contributed by atoms with Crippen LogP contribution in [0.2, 0.25) is 0 Å². The summed E-state index contributed by atoms with van der Waals surface area (Å²) < 4.78 is 17.7. The Bertz CT molecular complexity index is 1640. The van der Waals surface area contributed by atoms with Crippen LogP contribution in [0.5, 0.6) is 17.2 Å². The van der Waals surface area contributed by atoms with E-state index in [1.807, 2.05) is 37.3 Å². The molecule has 11 heteroatoms. The Morgan fingerprint density at radius 3 is 2.45 bits per heavy atom. The molecule has 3 aromatic carbocycles. The summed E-state index contributed by atoms with van der Waals surface area (Å²) in [4.78, 5) is 28.6. The number of nitrogens with zero attached hydrogens (tertiary/aromatic N) is 3. The number of hydrogen-bond donors (Lipinski definition) is 1. The van der Waals surface area contributed by atoms with Gasteiger partial charge >= 0.3 is 5.91 Å². The molecule has 228 valence electrons. The van der Waals surface area contributed by atoms with Crippen molar-refractivity contribution in [2.45, 2.75) is 42.8 Å². The van der Waals surface area contributed by atoms with Crippen LogP contribution >= 0.6 is 23.1 Å². The summed E-state index contributed by atoms with van der Waals surface area (Å²) in [5.74, 6) is 0.345. The Balaban J connectivity index is 1.54. The van der Waals surface area contributed by atoms with Gasteiger partial charge in [0.1, 0.15) is 11.5 Å². The Morgan fingerprint density at radius 1 is 0.977 bits per heavy atom. The summed E-state index contributed by atoms with van der Waals surface area (Å²) in [7, 11) is 1.52. The van der Waals surface area contributed by atoms with Crippen molar-refractivity contribution in [1.29, 1.82) is 0 Å². The van der Waals surface area contributed by atoms with Crippen LogP contribution in [0.3, 0.4) is 0 Å². The summed E-state index contributed by atoms with van der Waals surface area (Å²) >= 11 is 2.70. The highest BCUT2D eigenvalue weighted by molar-refractivity contribution is 8.00. The second-order valence-corrected chi connectivity index (χ2v) is 12.0. The van der Waals surface area contributed by atoms with E-state index in [-0.39, 0.29) is 16.5 Å². The van der Waals surface area contributed by atoms with Gasteiger partial charge in [-0.05, 0) is 60.9 Å². The number of ketones is 1. The van der Waals surface area contributed by atoms with E-state index >= 15 is 0 Å². The van der Waals surface area contributed by atoms with Crippen molar-refractivity contribution in [2.75, 3.05) is 25.2 Å². The molecule has 1 atom stereocenters. The minimum atomic E-state index is -0.986. The van der Waals surface area contributed by atoms with E-state index < -0.39 is 17.7 Å². The molecule has 1 aromatic heterocycles. The van der Waals surface area contributed by atoms with Crippen molar-refractivity contribution in [2.24, 2.45) is 0 Å². The molecule has 1 amide bonds. The van der Waals surface area contributed by atoms with Gasteiger partial charge in [-0.15, -0.1) is 10.2 Å². The summed E-state index contributed by atoms with van der Waals surface area (Å²) in [6.07, 6.45) is 1.94. The quantitative estimate of drug-likeness (QED) is 0.0415. The lowest BCUT2D eigenvalue weighted by Crippen LogP contribution is -2.29. The molecular weight excluding hydrogens is 599 g/mol. The molecule has 0 aliphatic carbocycles. The minimum Gasteiger partial charge on any atom is -0.507 e. The van der Waals surface area contributed by atoms with Crippen molar-refractivity contribution in [3.8, 4) is 17.2 Å². The molecule has 9 nitrogen and oxygen atoms in total. The number of thioether (sulfide) groups is 1. The average Bonchev–Trinajstić information content (AvgIpc) is 3.62. The number of carbonyl (C=O) groups is 2. The highest BCUT2D eigenvalue weighted by Gasteiger charge is 2.48. The predicted octanol–water partition coefficient (Wildman–Crippen LogP) is 7.04. The molecule has 1 N–H and O–H groups in total. The molecule has 2 heterocycles. The van der Waals surface area contributed by atoms with E-state index in [4.69, 9.17) is 14.2 Å². The zero-order valence-corrected chi connectivity index (χ0v) is 26.3. The number of hydrogen-bond acceptors (Lipinski definition) is 10. The zero-order valence-electron chi connectivity index (χ0n) is 24.7. The van der Waals surface area contributed by atoms with E-state index in [1.165, 1.54) is 35.1 Å². The van der Waals surface area contributed by atoms with E-state index in [2.05, 4.69) is 17.1 Å². The average molecular weight is 632 g/mol. The normalized spacial score (nSPS) is 15.9. The standard InChI is InChI=1S/C33H33N3O6S2/c1-4-6-18-42-24-15-12-22(13-16-24)29(37)27-28(23-14-17-25(41-5-2)26(19-23)40-3)36(31(39)30(27)38)32-34-35-33(44-32)43-20-21-10-8-7-9-11-21/h7-17,19,28,37H,4-6,18,20H2,1-3H3. The molecule has 1 fully saturated rings. The number of aliphatic hydroxyl groups excluding tert-OH is 1. The van der Waals surface area contributed by atoms with Gasteiger partial charge in [0.15, 0.2) is 15.8 Å². The van der Waals surface area contributed by atoms with Gasteiger partial charge < -0.3 is 19.3 Å². The van der Waals surface area contributed by atoms with Crippen molar-refractivity contribution >= 4 is 45.7 Å². The van der Waals surface area contributed by atoms with Crippen LogP contribution in [0.25, 0.3) is 5.76 Å². The first-order valence-corrected chi connectivity index (χ1v) is 16.1. The maximum Gasteiger partial charge on any atom is 0.301 e. The second kappa shape index (κ2) is 14.4. The van der Waals surface area contributed by atoms with E-state index in [0.29, 0.717) is 51.7 Å². The fraction of sp³-hybridized carbons (Fsp3) is 0.273. The number of unbranched alkanes of at least 4 members (excludes halogenated alkanes) is 1. The SMILES string of the molecule is CCCCOc1ccc(C(O)=C2C(=O)C(=O)N(c3nnc(SCc4ccccc4)s3)C2c2ccc(OCC)c(OC)c2)cc1. The Morgan fingerprint density at radius 2 is 1.75 bits per heavy atom. The van der Waals surface area contributed by atoms with Crippen LogP contribution < -0.4 is 19.1 Å². The summed E-state index contributed by atoms with van der Waals surface area (Å²) in [5.41, 5.74) is 1.98. The highest BCUT2D eigenvalue weighted by atomic mass is 32.2. The van der Waals surface area contributed by atoms with Crippen LogP contribution in [0.1, 0.15) is 49.4 Å². The number of Topliss-reactive ketones (excluding diaryl/α,β-unsaturated/α-hetero) is 1. The van der Waals surface area contributed by atoms with E-state index in [0.717, 1.165) is 18.4 Å². The predicted molar refractivity (Wildman–Crippen MR) is 172 cm³/mol. The number of anilines is 1. The molecular formula is C33H33N3O6S2. The number of amides is 1. The number of benzene rings is 3. The lowest BCUT2D eigenvalue weighted by atomic mass is 9.95. The number of ether oxygens (including phenoxy) is 3. The molecule has 44 heavy (non-hydrogen) atoms. The first kappa shape index (κ1) is 31.1. The van der Waals surface area contributed by atoms with Crippen LogP contribution in [-0.2, 0) is 15.3 Å². The first-order chi connectivity index (χ1) is 21.4. The van der Waals surface area contributed by atoms with Gasteiger partial charge in [-0.1, -0.05) is 72.8 Å². The van der Waals surface area contributed by atoms with Crippen molar-refractivity contribution in [3.05, 3.63) is 95.1 Å². The summed E-state index contributed by atoms with van der Waals surface area (Å²) in [5, 5.41) is 20.4. The zero-order chi connectivity index (χ0) is 31.1. The number of carbonyl (C=O) groups excluding carboxylic acids is 2. The van der Waals surface area contributed by atoms with Crippen LogP contribution in [0.15, 0.2) is 82.7 Å². The van der Waals surface area contributed by atoms with Gasteiger partial charge in [0.2, 0.25) is 5.13 Å². The lowest BCUT2D eigenvalue weighted by molar-refractivity contribution is -0.132. The van der Waals surface area contributed by atoms with E-state index in [1.54, 1.807) is 42.5 Å². The largest absolute Gasteiger partial charge is 0.507 e. The smallest absolute Gasteiger partial charge is 0.301 e. The number of aromatic nitrogens is 2. The lowest BCUT2D eigenvalue weighted by Gasteiger charge is -2.23. The maximum atomic E-state index is 13.6. The van der Waals surface area contributed by atoms with Crippen LogP contribution in [0.4, 0.5) is 5.13 Å². The van der Waals surface area contributed by atoms with Gasteiger partial charge in [0.25, 0.3) is 5.78 Å². The fourth-order valence-electron chi connectivity index (χ4n) is 4.75. The minimum absolute atomic E-state index is 0.0606. The van der Waals surface area contributed by atoms with Crippen molar-refractivity contribution in [3.63, 3.8) is 0 Å². The van der Waals surface area contributed by atoms with Gasteiger partial charge in [0.05, 0.1) is 31.9 Å². The van der Waals surface area contributed by atoms with Crippen LogP contribution in [0, 0.1) is 0 Å². The monoisotopic (exact) mass is 631 g/mol. The molecule has 1 aliphatic rings. The number of aliphatic hydroxyl groups is 1. The Kier molecular flexibility index (Phi) is 10.2. The van der Waals surface area contributed by atoms with Gasteiger partial charge in [-0.2, -0.15) is 0 Å². The third-order valence-electron chi connectivity index (χ3n) is 6.95.